The molecule has 0 bridgehead atoms. The standard InChI is InChI=1S/C23H21N5O3/c1-16-21(22-24-12-7-13-28(22)27-16)23(30)26-25-20(29)15-31-19-11-6-5-10-18(19)14-17-8-3-2-4-9-17/h2-13H,14-15H2,1H3,(H,25,29)(H,26,30). The molecule has 0 saturated carbocycles. The van der Waals surface area contributed by atoms with Crippen molar-refractivity contribution in [3.8, 4) is 5.75 Å². The largest absolute Gasteiger partial charge is 0.483 e. The Morgan fingerprint density at radius 3 is 2.61 bits per heavy atom. The number of hydrogen-bond donors (Lipinski definition) is 2. The lowest BCUT2D eigenvalue weighted by Crippen LogP contribution is -2.44. The molecule has 156 valence electrons. The third-order valence-electron chi connectivity index (χ3n) is 4.68. The van der Waals surface area contributed by atoms with Crippen molar-refractivity contribution in [2.45, 2.75) is 13.3 Å². The molecule has 0 unspecified atom stereocenters. The minimum atomic E-state index is -0.496. The number of hydrogen-bond acceptors (Lipinski definition) is 5. The van der Waals surface area contributed by atoms with Gasteiger partial charge in [-0.05, 0) is 30.2 Å². The molecule has 2 amide bonds. The SMILES string of the molecule is Cc1nn2cccnc2c1C(=O)NNC(=O)COc1ccccc1Cc1ccccc1. The number of carbonyl (C=O) groups excluding carboxylic acids is 2. The molecule has 0 radical (unpaired) electrons. The van der Waals surface area contributed by atoms with Crippen LogP contribution in [0, 0.1) is 6.92 Å². The number of benzene rings is 2. The monoisotopic (exact) mass is 415 g/mol. The van der Waals surface area contributed by atoms with Crippen molar-refractivity contribution in [1.82, 2.24) is 25.4 Å². The fraction of sp³-hybridized carbons (Fsp3) is 0.130. The van der Waals surface area contributed by atoms with Gasteiger partial charge in [-0.2, -0.15) is 5.10 Å². The topological polar surface area (TPSA) is 97.6 Å². The van der Waals surface area contributed by atoms with Gasteiger partial charge in [-0.3, -0.25) is 20.4 Å². The van der Waals surface area contributed by atoms with E-state index in [1.54, 1.807) is 25.4 Å². The molecule has 8 heteroatoms. The fourth-order valence-corrected chi connectivity index (χ4v) is 3.24. The van der Waals surface area contributed by atoms with Crippen LogP contribution in [-0.2, 0) is 11.2 Å². The second-order valence-corrected chi connectivity index (χ2v) is 6.91. The third-order valence-corrected chi connectivity index (χ3v) is 4.68. The van der Waals surface area contributed by atoms with Crippen LogP contribution in [0.25, 0.3) is 5.65 Å². The van der Waals surface area contributed by atoms with Gasteiger partial charge in [-0.1, -0.05) is 48.5 Å². The molecule has 31 heavy (non-hydrogen) atoms. The molecule has 0 aliphatic rings. The molecule has 0 saturated heterocycles. The lowest BCUT2D eigenvalue weighted by Gasteiger charge is -2.12. The highest BCUT2D eigenvalue weighted by molar-refractivity contribution is 6.01. The third kappa shape index (κ3) is 4.69. The molecule has 0 aliphatic carbocycles. The molecule has 2 aromatic heterocycles. The Hall–Kier alpha value is -4.20. The number of aryl methyl sites for hydroxylation is 1. The molecule has 4 aromatic rings. The van der Waals surface area contributed by atoms with Crippen molar-refractivity contribution in [1.29, 1.82) is 0 Å². The van der Waals surface area contributed by atoms with Crippen LogP contribution in [0.4, 0.5) is 0 Å². The van der Waals surface area contributed by atoms with Gasteiger partial charge in [-0.25, -0.2) is 9.50 Å². The van der Waals surface area contributed by atoms with Crippen molar-refractivity contribution in [3.63, 3.8) is 0 Å². The number of carbonyl (C=O) groups is 2. The highest BCUT2D eigenvalue weighted by Gasteiger charge is 2.18. The first kappa shape index (κ1) is 20.1. The molecule has 8 nitrogen and oxygen atoms in total. The summed E-state index contributed by atoms with van der Waals surface area (Å²) in [7, 11) is 0. The van der Waals surface area contributed by atoms with E-state index >= 15 is 0 Å². The predicted molar refractivity (Wildman–Crippen MR) is 115 cm³/mol. The first-order valence-electron chi connectivity index (χ1n) is 9.75. The number of nitrogens with zero attached hydrogens (tertiary/aromatic N) is 3. The first-order chi connectivity index (χ1) is 15.1. The van der Waals surface area contributed by atoms with Crippen LogP contribution in [0.1, 0.15) is 27.2 Å². The van der Waals surface area contributed by atoms with E-state index in [0.717, 1.165) is 11.1 Å². The fourth-order valence-electron chi connectivity index (χ4n) is 3.24. The number of ether oxygens (including phenoxy) is 1. The number of rotatable bonds is 6. The Morgan fingerprint density at radius 2 is 1.77 bits per heavy atom. The zero-order valence-corrected chi connectivity index (χ0v) is 16.9. The van der Waals surface area contributed by atoms with E-state index in [9.17, 15) is 9.59 Å². The molecule has 0 fully saturated rings. The summed E-state index contributed by atoms with van der Waals surface area (Å²) in [6.07, 6.45) is 3.97. The molecule has 0 spiro atoms. The Morgan fingerprint density at radius 1 is 1.00 bits per heavy atom. The Labute approximate surface area is 178 Å². The summed E-state index contributed by atoms with van der Waals surface area (Å²) in [6.45, 7) is 1.47. The number of nitrogens with one attached hydrogen (secondary N) is 2. The van der Waals surface area contributed by atoms with E-state index in [0.29, 0.717) is 29.1 Å². The highest BCUT2D eigenvalue weighted by Crippen LogP contribution is 2.21. The average molecular weight is 415 g/mol. The van der Waals surface area contributed by atoms with Crippen LogP contribution in [0.5, 0.6) is 5.75 Å². The number of hydrazine groups is 1. The van der Waals surface area contributed by atoms with Crippen LogP contribution < -0.4 is 15.6 Å². The quantitative estimate of drug-likeness (QED) is 0.472. The van der Waals surface area contributed by atoms with Gasteiger partial charge in [0.15, 0.2) is 12.3 Å². The van der Waals surface area contributed by atoms with Crippen molar-refractivity contribution in [2.24, 2.45) is 0 Å². The Kier molecular flexibility index (Phi) is 5.89. The summed E-state index contributed by atoms with van der Waals surface area (Å²) in [5.41, 5.74) is 8.11. The van der Waals surface area contributed by atoms with Crippen LogP contribution in [0.2, 0.25) is 0 Å². The van der Waals surface area contributed by atoms with E-state index in [1.807, 2.05) is 54.6 Å². The van der Waals surface area contributed by atoms with Crippen LogP contribution in [0.3, 0.4) is 0 Å². The molecule has 2 aromatic carbocycles. The van der Waals surface area contributed by atoms with Crippen LogP contribution in [0.15, 0.2) is 73.1 Å². The molecular weight excluding hydrogens is 394 g/mol. The van der Waals surface area contributed by atoms with Crippen molar-refractivity contribution >= 4 is 17.5 Å². The van der Waals surface area contributed by atoms with Crippen molar-refractivity contribution in [3.05, 3.63) is 95.4 Å². The van der Waals surface area contributed by atoms with Gasteiger partial charge >= 0.3 is 0 Å². The minimum Gasteiger partial charge on any atom is -0.483 e. The second-order valence-electron chi connectivity index (χ2n) is 6.91. The van der Waals surface area contributed by atoms with E-state index in [-0.39, 0.29) is 6.61 Å². The maximum atomic E-state index is 12.5. The summed E-state index contributed by atoms with van der Waals surface area (Å²) in [5, 5.41) is 4.24. The molecule has 0 atom stereocenters. The first-order valence-corrected chi connectivity index (χ1v) is 9.75. The molecular formula is C23H21N5O3. The Bertz CT molecular complexity index is 1220. The summed E-state index contributed by atoms with van der Waals surface area (Å²) < 4.78 is 7.21. The van der Waals surface area contributed by atoms with Gasteiger partial charge < -0.3 is 4.74 Å². The van der Waals surface area contributed by atoms with Gasteiger partial charge in [-0.15, -0.1) is 0 Å². The number of para-hydroxylation sites is 1. The number of amides is 2. The van der Waals surface area contributed by atoms with E-state index in [1.165, 1.54) is 4.52 Å². The molecule has 2 heterocycles. The second kappa shape index (κ2) is 9.08. The molecule has 0 aliphatic heterocycles. The van der Waals surface area contributed by atoms with Crippen molar-refractivity contribution in [2.75, 3.05) is 6.61 Å². The van der Waals surface area contributed by atoms with Gasteiger partial charge in [0.1, 0.15) is 11.3 Å². The zero-order valence-electron chi connectivity index (χ0n) is 16.9. The van der Waals surface area contributed by atoms with E-state index in [4.69, 9.17) is 4.74 Å². The number of aromatic nitrogens is 3. The van der Waals surface area contributed by atoms with Gasteiger partial charge in [0.2, 0.25) is 0 Å². The summed E-state index contributed by atoms with van der Waals surface area (Å²) >= 11 is 0. The van der Waals surface area contributed by atoms with Gasteiger partial charge in [0.05, 0.1) is 5.69 Å². The van der Waals surface area contributed by atoms with Crippen molar-refractivity contribution < 1.29 is 14.3 Å². The predicted octanol–water partition coefficient (Wildman–Crippen LogP) is 2.47. The molecule has 2 N–H and O–H groups in total. The summed E-state index contributed by atoms with van der Waals surface area (Å²) in [5.74, 6) is -0.357. The average Bonchev–Trinajstić information content (AvgIpc) is 3.13. The van der Waals surface area contributed by atoms with Gasteiger partial charge in [0, 0.05) is 18.8 Å². The number of fused-ring (bicyclic) bond motifs is 1. The highest BCUT2D eigenvalue weighted by atomic mass is 16.5. The van der Waals surface area contributed by atoms with Crippen LogP contribution in [-0.4, -0.2) is 33.0 Å². The summed E-state index contributed by atoms with van der Waals surface area (Å²) in [6, 6.07) is 19.3. The smallest absolute Gasteiger partial charge is 0.276 e. The molecule has 4 rings (SSSR count). The minimum absolute atomic E-state index is 0.238. The zero-order chi connectivity index (χ0) is 21.6. The van der Waals surface area contributed by atoms with E-state index in [2.05, 4.69) is 20.9 Å². The van der Waals surface area contributed by atoms with Gasteiger partial charge in [0.25, 0.3) is 11.8 Å². The maximum Gasteiger partial charge on any atom is 0.276 e. The Balaban J connectivity index is 1.35. The summed E-state index contributed by atoms with van der Waals surface area (Å²) in [4.78, 5) is 28.9. The maximum absolute atomic E-state index is 12.5. The van der Waals surface area contributed by atoms with E-state index < -0.39 is 11.8 Å². The lowest BCUT2D eigenvalue weighted by atomic mass is 10.0. The normalized spacial score (nSPS) is 10.6. The lowest BCUT2D eigenvalue weighted by molar-refractivity contribution is -0.123. The van der Waals surface area contributed by atoms with Crippen LogP contribution >= 0.6 is 0 Å².